The highest BCUT2D eigenvalue weighted by molar-refractivity contribution is 5.64. The van der Waals surface area contributed by atoms with Crippen LogP contribution in [0.3, 0.4) is 0 Å². The third-order valence-corrected chi connectivity index (χ3v) is 9.72. The first-order valence-electron chi connectivity index (χ1n) is 14.6. The molecule has 204 valence electrons. The number of benzene rings is 3. The highest BCUT2D eigenvalue weighted by atomic mass is 16.3. The summed E-state index contributed by atoms with van der Waals surface area (Å²) in [6.45, 7) is 5.96. The molecule has 0 aliphatic carbocycles. The summed E-state index contributed by atoms with van der Waals surface area (Å²) < 4.78 is 0. The highest BCUT2D eigenvalue weighted by Crippen LogP contribution is 2.44. The van der Waals surface area contributed by atoms with Crippen LogP contribution in [0.1, 0.15) is 24.0 Å². The summed E-state index contributed by atoms with van der Waals surface area (Å²) in [5, 5.41) is 21.9. The second-order valence-corrected chi connectivity index (χ2v) is 12.0. The zero-order valence-corrected chi connectivity index (χ0v) is 22.9. The number of rotatable bonds is 4. The summed E-state index contributed by atoms with van der Waals surface area (Å²) in [5.41, 5.74) is 5.62. The largest absolute Gasteiger partial charge is 0.383 e. The van der Waals surface area contributed by atoms with E-state index in [1.165, 1.54) is 16.7 Å². The lowest BCUT2D eigenvalue weighted by atomic mass is 9.81. The van der Waals surface area contributed by atoms with Crippen LogP contribution in [0.15, 0.2) is 103 Å². The van der Waals surface area contributed by atoms with E-state index in [0.29, 0.717) is 11.8 Å². The fourth-order valence-corrected chi connectivity index (χ4v) is 7.40. The Morgan fingerprint density at radius 2 is 0.975 bits per heavy atom. The van der Waals surface area contributed by atoms with E-state index in [1.807, 2.05) is 18.2 Å². The van der Waals surface area contributed by atoms with E-state index >= 15 is 0 Å². The molecule has 0 saturated carbocycles. The summed E-state index contributed by atoms with van der Waals surface area (Å²) in [6, 6.07) is 31.2. The first kappa shape index (κ1) is 25.6. The number of fused-ring (bicyclic) bond motifs is 4. The first-order valence-corrected chi connectivity index (χ1v) is 14.6. The van der Waals surface area contributed by atoms with Crippen molar-refractivity contribution in [1.82, 2.24) is 14.8 Å². The van der Waals surface area contributed by atoms with Gasteiger partial charge in [-0.1, -0.05) is 78.9 Å². The van der Waals surface area contributed by atoms with Gasteiger partial charge < -0.3 is 10.2 Å². The zero-order chi connectivity index (χ0) is 27.2. The van der Waals surface area contributed by atoms with Gasteiger partial charge in [0.2, 0.25) is 0 Å². The Hall–Kier alpha value is -3.35. The Morgan fingerprint density at radius 1 is 0.550 bits per heavy atom. The van der Waals surface area contributed by atoms with Gasteiger partial charge in [-0.15, -0.1) is 0 Å². The van der Waals surface area contributed by atoms with Gasteiger partial charge in [-0.3, -0.25) is 14.8 Å². The minimum Gasteiger partial charge on any atom is -0.383 e. The number of pyridine rings is 1. The topological polar surface area (TPSA) is 59.8 Å². The molecule has 5 heterocycles. The molecule has 4 bridgehead atoms. The number of nitrogens with zero attached hydrogens (tertiary/aromatic N) is 3. The second kappa shape index (κ2) is 10.2. The zero-order valence-electron chi connectivity index (χ0n) is 22.9. The number of aliphatic hydroxyl groups is 2. The molecule has 6 atom stereocenters. The lowest BCUT2D eigenvalue weighted by Gasteiger charge is -2.32. The van der Waals surface area contributed by atoms with Gasteiger partial charge in [0.25, 0.3) is 0 Å². The van der Waals surface area contributed by atoms with Gasteiger partial charge in [0, 0.05) is 50.4 Å². The Balaban J connectivity index is 0.000000132. The molecule has 4 aliphatic heterocycles. The summed E-state index contributed by atoms with van der Waals surface area (Å²) in [4.78, 5) is 8.78. The molecule has 4 saturated heterocycles. The average molecular weight is 532 g/mol. The maximum absolute atomic E-state index is 11.0. The van der Waals surface area contributed by atoms with Crippen LogP contribution in [0.4, 0.5) is 0 Å². The van der Waals surface area contributed by atoms with E-state index in [2.05, 4.69) is 87.6 Å². The van der Waals surface area contributed by atoms with Crippen LogP contribution in [-0.4, -0.2) is 64.3 Å². The van der Waals surface area contributed by atoms with Crippen LogP contribution in [0.5, 0.6) is 0 Å². The van der Waals surface area contributed by atoms with Crippen molar-refractivity contribution in [3.63, 3.8) is 0 Å². The fraction of sp³-hybridized carbons (Fsp3) is 0.343. The van der Waals surface area contributed by atoms with E-state index in [-0.39, 0.29) is 0 Å². The van der Waals surface area contributed by atoms with E-state index in [0.717, 1.165) is 68.8 Å². The van der Waals surface area contributed by atoms with E-state index in [9.17, 15) is 10.2 Å². The van der Waals surface area contributed by atoms with Crippen LogP contribution in [0.25, 0.3) is 22.3 Å². The molecule has 40 heavy (non-hydrogen) atoms. The highest BCUT2D eigenvalue weighted by Gasteiger charge is 2.50. The molecule has 0 amide bonds. The molecule has 4 aromatic rings. The van der Waals surface area contributed by atoms with Crippen molar-refractivity contribution in [2.75, 3.05) is 39.3 Å². The lowest BCUT2D eigenvalue weighted by Crippen LogP contribution is -2.39. The van der Waals surface area contributed by atoms with Crippen LogP contribution < -0.4 is 0 Å². The van der Waals surface area contributed by atoms with Crippen molar-refractivity contribution in [2.24, 2.45) is 11.8 Å². The molecule has 5 heteroatoms. The van der Waals surface area contributed by atoms with Crippen molar-refractivity contribution < 1.29 is 10.2 Å². The van der Waals surface area contributed by atoms with Gasteiger partial charge in [-0.25, -0.2) is 0 Å². The fourth-order valence-electron chi connectivity index (χ4n) is 7.40. The van der Waals surface area contributed by atoms with Gasteiger partial charge in [0.1, 0.15) is 11.2 Å². The lowest BCUT2D eigenvalue weighted by molar-refractivity contribution is -0.0102. The Labute approximate surface area is 236 Å². The van der Waals surface area contributed by atoms with Gasteiger partial charge in [-0.05, 0) is 71.4 Å². The molecule has 8 rings (SSSR count). The molecule has 4 fully saturated rings. The minimum absolute atomic E-state index is 0.397. The molecule has 5 nitrogen and oxygen atoms in total. The van der Waals surface area contributed by atoms with Crippen molar-refractivity contribution in [1.29, 1.82) is 0 Å². The summed E-state index contributed by atoms with van der Waals surface area (Å²) in [7, 11) is 0. The predicted molar refractivity (Wildman–Crippen MR) is 158 cm³/mol. The van der Waals surface area contributed by atoms with Crippen LogP contribution in [0, 0.1) is 11.8 Å². The third-order valence-electron chi connectivity index (χ3n) is 9.72. The molecule has 6 unspecified atom stereocenters. The van der Waals surface area contributed by atoms with Gasteiger partial charge in [0.05, 0.1) is 0 Å². The van der Waals surface area contributed by atoms with Crippen LogP contribution in [0.2, 0.25) is 0 Å². The smallest absolute Gasteiger partial charge is 0.106 e. The number of aromatic nitrogens is 1. The molecule has 0 radical (unpaired) electrons. The normalized spacial score (nSPS) is 31.6. The maximum Gasteiger partial charge on any atom is 0.106 e. The number of hydrogen-bond donors (Lipinski definition) is 2. The molecule has 4 aliphatic rings. The van der Waals surface area contributed by atoms with Gasteiger partial charge in [0.15, 0.2) is 0 Å². The van der Waals surface area contributed by atoms with Crippen molar-refractivity contribution in [2.45, 2.75) is 24.0 Å². The third kappa shape index (κ3) is 4.57. The molecule has 1 aromatic heterocycles. The predicted octanol–water partition coefficient (Wildman–Crippen LogP) is 5.15. The average Bonchev–Trinajstić information content (AvgIpc) is 3.81. The molecule has 3 aromatic carbocycles. The van der Waals surface area contributed by atoms with Crippen LogP contribution >= 0.6 is 0 Å². The van der Waals surface area contributed by atoms with Gasteiger partial charge in [-0.2, -0.15) is 0 Å². The molecule has 2 N–H and O–H groups in total. The summed E-state index contributed by atoms with van der Waals surface area (Å²) in [5.74, 6) is 0.805. The number of piperidine rings is 2. The molecular weight excluding hydrogens is 494 g/mol. The van der Waals surface area contributed by atoms with Crippen molar-refractivity contribution in [3.8, 4) is 22.3 Å². The van der Waals surface area contributed by atoms with Crippen molar-refractivity contribution in [3.05, 3.63) is 115 Å². The quantitative estimate of drug-likeness (QED) is 0.382. The van der Waals surface area contributed by atoms with Gasteiger partial charge >= 0.3 is 0 Å². The molecular formula is C35H37N3O2. The Bertz CT molecular complexity index is 1330. The van der Waals surface area contributed by atoms with E-state index in [4.69, 9.17) is 0 Å². The van der Waals surface area contributed by atoms with Crippen molar-refractivity contribution >= 4 is 0 Å². The van der Waals surface area contributed by atoms with E-state index < -0.39 is 11.2 Å². The van der Waals surface area contributed by atoms with E-state index in [1.54, 1.807) is 12.4 Å². The SMILES string of the molecule is OC1(c2ccc(-c3ccccc3)cc2)CN2CCC1C2.OC1(c2ccc(-c3ccncc3)cc2)CN2CCC1C2. The van der Waals surface area contributed by atoms with Crippen LogP contribution in [-0.2, 0) is 11.2 Å². The summed E-state index contributed by atoms with van der Waals surface area (Å²) >= 11 is 0. The Morgan fingerprint density at radius 3 is 1.38 bits per heavy atom. The monoisotopic (exact) mass is 531 g/mol. The maximum atomic E-state index is 11.0. The standard InChI is InChI=1S/C18H19NO.C17H18N2O/c20-18(13-19-11-10-17(18)12-19)16-8-6-15(7-9-16)14-4-2-1-3-5-14;20-17(12-19-10-7-16(17)11-19)15-3-1-13(2-4-15)14-5-8-18-9-6-14/h1-9,17,20H,10-13H2;1-6,8-9,16,20H,7,10-12H2. The minimum atomic E-state index is -0.644. The molecule has 0 spiro atoms. The summed E-state index contributed by atoms with van der Waals surface area (Å²) in [6.07, 6.45) is 5.85. The Kier molecular flexibility index (Phi) is 6.56. The number of hydrogen-bond acceptors (Lipinski definition) is 5. The second-order valence-electron chi connectivity index (χ2n) is 12.0. The first-order chi connectivity index (χ1) is 19.5.